The number of methoxy groups -OCH3 is 1. The quantitative estimate of drug-likeness (QED) is 0.816. The van der Waals surface area contributed by atoms with Crippen LogP contribution in [0.1, 0.15) is 28.9 Å². The van der Waals surface area contributed by atoms with E-state index in [9.17, 15) is 9.59 Å². The summed E-state index contributed by atoms with van der Waals surface area (Å²) in [5, 5.41) is 11.6. The standard InChI is InChI=1S/C18H19NO5/c1-12(13-6-4-3-5-7-13)19-18(22)14-8-9-15(23-2)16(10-14)24-11-17(20)21/h3-10,12H,11H2,1-2H3,(H,19,22)(H,20,21). The topological polar surface area (TPSA) is 84.9 Å². The van der Waals surface area contributed by atoms with Gasteiger partial charge in [0.05, 0.1) is 13.2 Å². The van der Waals surface area contributed by atoms with Gasteiger partial charge >= 0.3 is 5.97 Å². The van der Waals surface area contributed by atoms with Crippen LogP contribution in [0.4, 0.5) is 0 Å². The molecule has 0 saturated carbocycles. The molecule has 0 saturated heterocycles. The van der Waals surface area contributed by atoms with Crippen molar-refractivity contribution in [1.29, 1.82) is 0 Å². The van der Waals surface area contributed by atoms with Gasteiger partial charge in [0.15, 0.2) is 18.1 Å². The second-order valence-corrected chi connectivity index (χ2v) is 5.15. The Bertz CT molecular complexity index is 715. The van der Waals surface area contributed by atoms with Gasteiger partial charge in [-0.05, 0) is 30.7 Å². The first-order valence-electron chi connectivity index (χ1n) is 7.39. The predicted molar refractivity (Wildman–Crippen MR) is 88.4 cm³/mol. The zero-order valence-corrected chi connectivity index (χ0v) is 13.5. The Hall–Kier alpha value is -3.02. The molecule has 2 aromatic rings. The third-order valence-electron chi connectivity index (χ3n) is 3.42. The molecule has 2 N–H and O–H groups in total. The van der Waals surface area contributed by atoms with Crippen LogP contribution in [0.2, 0.25) is 0 Å². The van der Waals surface area contributed by atoms with Crippen molar-refractivity contribution in [2.45, 2.75) is 13.0 Å². The highest BCUT2D eigenvalue weighted by Crippen LogP contribution is 2.28. The molecule has 24 heavy (non-hydrogen) atoms. The summed E-state index contributed by atoms with van der Waals surface area (Å²) in [5.41, 5.74) is 1.35. The first kappa shape index (κ1) is 17.3. The molecule has 0 aromatic heterocycles. The molecular weight excluding hydrogens is 310 g/mol. The van der Waals surface area contributed by atoms with Gasteiger partial charge in [0.1, 0.15) is 0 Å². The summed E-state index contributed by atoms with van der Waals surface area (Å²) in [4.78, 5) is 23.0. The molecule has 2 rings (SSSR count). The Labute approximate surface area is 140 Å². The first-order chi connectivity index (χ1) is 11.5. The molecule has 2 aromatic carbocycles. The predicted octanol–water partition coefficient (Wildman–Crippen LogP) is 2.65. The minimum absolute atomic E-state index is 0.163. The number of carbonyl (C=O) groups is 2. The summed E-state index contributed by atoms with van der Waals surface area (Å²) in [5.74, 6) is -0.817. The maximum Gasteiger partial charge on any atom is 0.341 e. The zero-order valence-electron chi connectivity index (χ0n) is 13.5. The molecule has 6 nitrogen and oxygen atoms in total. The lowest BCUT2D eigenvalue weighted by Gasteiger charge is -2.15. The van der Waals surface area contributed by atoms with Crippen LogP contribution in [0.25, 0.3) is 0 Å². The fourth-order valence-corrected chi connectivity index (χ4v) is 2.18. The van der Waals surface area contributed by atoms with Gasteiger partial charge in [-0.3, -0.25) is 4.79 Å². The molecule has 0 radical (unpaired) electrons. The smallest absolute Gasteiger partial charge is 0.341 e. The maximum absolute atomic E-state index is 12.4. The van der Waals surface area contributed by atoms with Crippen molar-refractivity contribution in [2.75, 3.05) is 13.7 Å². The number of carboxylic acid groups (broad SMARTS) is 1. The van der Waals surface area contributed by atoms with Gasteiger partial charge in [-0.2, -0.15) is 0 Å². The number of rotatable bonds is 7. The summed E-state index contributed by atoms with van der Waals surface area (Å²) >= 11 is 0. The van der Waals surface area contributed by atoms with E-state index in [0.717, 1.165) is 5.56 Å². The van der Waals surface area contributed by atoms with E-state index in [1.165, 1.54) is 13.2 Å². The minimum Gasteiger partial charge on any atom is -0.493 e. The van der Waals surface area contributed by atoms with Crippen LogP contribution in [0.15, 0.2) is 48.5 Å². The van der Waals surface area contributed by atoms with Crippen molar-refractivity contribution < 1.29 is 24.2 Å². The van der Waals surface area contributed by atoms with Gasteiger partial charge in [-0.1, -0.05) is 30.3 Å². The van der Waals surface area contributed by atoms with Crippen molar-refractivity contribution in [2.24, 2.45) is 0 Å². The fraction of sp³-hybridized carbons (Fsp3) is 0.222. The second kappa shape index (κ2) is 8.01. The lowest BCUT2D eigenvalue weighted by molar-refractivity contribution is -0.139. The number of ether oxygens (including phenoxy) is 2. The molecule has 0 aliphatic heterocycles. The van der Waals surface area contributed by atoms with E-state index in [1.807, 2.05) is 37.3 Å². The summed E-state index contributed by atoms with van der Waals surface area (Å²) in [6.45, 7) is 1.38. The lowest BCUT2D eigenvalue weighted by Crippen LogP contribution is -2.26. The summed E-state index contributed by atoms with van der Waals surface area (Å²) in [7, 11) is 1.44. The Morgan fingerprint density at radius 2 is 1.83 bits per heavy atom. The molecule has 6 heteroatoms. The van der Waals surface area contributed by atoms with Gasteiger partial charge in [0.25, 0.3) is 5.91 Å². The van der Waals surface area contributed by atoms with Crippen LogP contribution in [0.3, 0.4) is 0 Å². The molecule has 0 spiro atoms. The van der Waals surface area contributed by atoms with Crippen LogP contribution in [-0.4, -0.2) is 30.7 Å². The number of hydrogen-bond acceptors (Lipinski definition) is 4. The van der Waals surface area contributed by atoms with Crippen molar-refractivity contribution in [3.63, 3.8) is 0 Å². The Morgan fingerprint density at radius 1 is 1.12 bits per heavy atom. The highest BCUT2D eigenvalue weighted by atomic mass is 16.5. The van der Waals surface area contributed by atoms with Gasteiger partial charge in [0.2, 0.25) is 0 Å². The van der Waals surface area contributed by atoms with E-state index < -0.39 is 12.6 Å². The number of carboxylic acids is 1. The summed E-state index contributed by atoms with van der Waals surface area (Å²) < 4.78 is 10.3. The number of hydrogen-bond donors (Lipinski definition) is 2. The number of amides is 1. The molecule has 126 valence electrons. The first-order valence-corrected chi connectivity index (χ1v) is 7.39. The third-order valence-corrected chi connectivity index (χ3v) is 3.42. The fourth-order valence-electron chi connectivity index (χ4n) is 2.18. The minimum atomic E-state index is -1.11. The van der Waals surface area contributed by atoms with Crippen LogP contribution in [-0.2, 0) is 4.79 Å². The molecule has 0 aliphatic carbocycles. The number of carbonyl (C=O) groups excluding carboxylic acids is 1. The zero-order chi connectivity index (χ0) is 17.5. The third kappa shape index (κ3) is 4.49. The molecule has 1 unspecified atom stereocenters. The molecule has 0 heterocycles. The van der Waals surface area contributed by atoms with Gasteiger partial charge in [-0.25, -0.2) is 4.79 Å². The SMILES string of the molecule is COc1ccc(C(=O)NC(C)c2ccccc2)cc1OCC(=O)O. The van der Waals surface area contributed by atoms with Crippen molar-refractivity contribution in [1.82, 2.24) is 5.32 Å². The molecule has 0 bridgehead atoms. The molecular formula is C18H19NO5. The second-order valence-electron chi connectivity index (χ2n) is 5.15. The maximum atomic E-state index is 12.4. The number of aliphatic carboxylic acids is 1. The molecule has 1 amide bonds. The van der Waals surface area contributed by atoms with Crippen molar-refractivity contribution in [3.05, 3.63) is 59.7 Å². The Balaban J connectivity index is 2.14. The highest BCUT2D eigenvalue weighted by Gasteiger charge is 2.15. The number of nitrogens with one attached hydrogen (secondary N) is 1. The Kier molecular flexibility index (Phi) is 5.78. The monoisotopic (exact) mass is 329 g/mol. The largest absolute Gasteiger partial charge is 0.493 e. The molecule has 0 aliphatic rings. The van der Waals surface area contributed by atoms with E-state index >= 15 is 0 Å². The van der Waals surface area contributed by atoms with Crippen LogP contribution >= 0.6 is 0 Å². The van der Waals surface area contributed by atoms with Crippen LogP contribution in [0.5, 0.6) is 11.5 Å². The van der Waals surface area contributed by atoms with Crippen molar-refractivity contribution >= 4 is 11.9 Å². The highest BCUT2D eigenvalue weighted by molar-refractivity contribution is 5.95. The molecule has 0 fully saturated rings. The van der Waals surface area contributed by atoms with Gasteiger partial charge < -0.3 is 19.9 Å². The van der Waals surface area contributed by atoms with E-state index in [2.05, 4.69) is 5.32 Å². The van der Waals surface area contributed by atoms with E-state index in [-0.39, 0.29) is 17.7 Å². The van der Waals surface area contributed by atoms with Crippen LogP contribution < -0.4 is 14.8 Å². The van der Waals surface area contributed by atoms with E-state index in [0.29, 0.717) is 11.3 Å². The van der Waals surface area contributed by atoms with Crippen molar-refractivity contribution in [3.8, 4) is 11.5 Å². The summed E-state index contributed by atoms with van der Waals surface area (Å²) in [6, 6.07) is 14.1. The molecule has 1 atom stereocenters. The lowest BCUT2D eigenvalue weighted by atomic mass is 10.1. The summed E-state index contributed by atoms with van der Waals surface area (Å²) in [6.07, 6.45) is 0. The van der Waals surface area contributed by atoms with E-state index in [4.69, 9.17) is 14.6 Å². The van der Waals surface area contributed by atoms with Gasteiger partial charge in [-0.15, -0.1) is 0 Å². The average Bonchev–Trinajstić information content (AvgIpc) is 2.60. The van der Waals surface area contributed by atoms with Crippen LogP contribution in [0, 0.1) is 0 Å². The normalized spacial score (nSPS) is 11.4. The Morgan fingerprint density at radius 3 is 2.46 bits per heavy atom. The van der Waals surface area contributed by atoms with E-state index in [1.54, 1.807) is 12.1 Å². The van der Waals surface area contributed by atoms with Gasteiger partial charge in [0, 0.05) is 5.56 Å². The average molecular weight is 329 g/mol. The number of benzene rings is 2.